The third-order valence-electron chi connectivity index (χ3n) is 5.18. The van der Waals surface area contributed by atoms with Gasteiger partial charge < -0.3 is 16.4 Å². The smallest absolute Gasteiger partial charge is 0.189 e. The zero-order valence-corrected chi connectivity index (χ0v) is 18.2. The second-order valence-electron chi connectivity index (χ2n) is 7.23. The van der Waals surface area contributed by atoms with Crippen LogP contribution in [0.4, 0.5) is 15.9 Å². The number of thiocarbonyl (C=S) groups is 1. The standard InChI is InChI=1S/C21H20FN5O2S2/c1-24-20(30)25-15-6-2-13(3-7-15)19-26-17(12-18(23)27-19)21(10-11-21)31(28,29)16-8-4-14(22)5-9-16/h2-9,12H,10-11H2,1H3,(H2,23,26,27)(H2,24,25,30). The second kappa shape index (κ2) is 7.86. The summed E-state index contributed by atoms with van der Waals surface area (Å²) in [7, 11) is -2.06. The number of sulfone groups is 1. The predicted molar refractivity (Wildman–Crippen MR) is 122 cm³/mol. The second-order valence-corrected chi connectivity index (χ2v) is 9.90. The lowest BCUT2D eigenvalue weighted by molar-refractivity contribution is 0.577. The van der Waals surface area contributed by atoms with E-state index in [1.807, 2.05) is 12.1 Å². The molecule has 0 unspecified atom stereocenters. The molecule has 31 heavy (non-hydrogen) atoms. The number of nitrogens with one attached hydrogen (secondary N) is 2. The molecule has 0 bridgehead atoms. The SMILES string of the molecule is CNC(=S)Nc1ccc(-c2nc(N)cc(C3(S(=O)(=O)c4ccc(F)cc4)CC3)n2)cc1. The molecule has 160 valence electrons. The van der Waals surface area contributed by atoms with Crippen LogP contribution in [-0.2, 0) is 14.6 Å². The third kappa shape index (κ3) is 3.96. The predicted octanol–water partition coefficient (Wildman–Crippen LogP) is 3.24. The van der Waals surface area contributed by atoms with E-state index in [4.69, 9.17) is 18.0 Å². The van der Waals surface area contributed by atoms with Gasteiger partial charge in [-0.3, -0.25) is 0 Å². The molecule has 0 atom stereocenters. The quantitative estimate of drug-likeness (QED) is 0.396. The summed E-state index contributed by atoms with van der Waals surface area (Å²) in [6, 6.07) is 13.5. The Balaban J connectivity index is 1.70. The highest BCUT2D eigenvalue weighted by molar-refractivity contribution is 7.92. The molecule has 2 aromatic carbocycles. The van der Waals surface area contributed by atoms with Crippen LogP contribution in [0.15, 0.2) is 59.5 Å². The first-order valence-electron chi connectivity index (χ1n) is 9.49. The molecular formula is C21H20FN5O2S2. The Morgan fingerprint density at radius 3 is 2.32 bits per heavy atom. The maximum Gasteiger partial charge on any atom is 0.189 e. The molecule has 0 saturated heterocycles. The first-order chi connectivity index (χ1) is 14.7. The number of hydrogen-bond donors (Lipinski definition) is 3. The Morgan fingerprint density at radius 2 is 1.74 bits per heavy atom. The fraction of sp³-hybridized carbons (Fsp3) is 0.190. The van der Waals surface area contributed by atoms with Gasteiger partial charge in [-0.1, -0.05) is 0 Å². The fourth-order valence-corrected chi connectivity index (χ4v) is 5.42. The molecule has 1 aliphatic rings. The molecule has 7 nitrogen and oxygen atoms in total. The van der Waals surface area contributed by atoms with Crippen LogP contribution in [-0.4, -0.2) is 30.5 Å². The molecule has 1 aromatic heterocycles. The zero-order chi connectivity index (χ0) is 22.2. The van der Waals surface area contributed by atoms with E-state index in [-0.39, 0.29) is 10.7 Å². The molecule has 4 N–H and O–H groups in total. The van der Waals surface area contributed by atoms with Crippen molar-refractivity contribution in [2.75, 3.05) is 18.1 Å². The van der Waals surface area contributed by atoms with Crippen LogP contribution in [0.5, 0.6) is 0 Å². The summed E-state index contributed by atoms with van der Waals surface area (Å²) < 4.78 is 38.7. The van der Waals surface area contributed by atoms with Crippen molar-refractivity contribution in [3.8, 4) is 11.4 Å². The highest BCUT2D eigenvalue weighted by atomic mass is 32.2. The normalized spacial score (nSPS) is 14.6. The van der Waals surface area contributed by atoms with Gasteiger partial charge in [-0.25, -0.2) is 22.8 Å². The summed E-state index contributed by atoms with van der Waals surface area (Å²) in [4.78, 5) is 8.89. The number of nitrogens with two attached hydrogens (primary N) is 1. The van der Waals surface area contributed by atoms with E-state index in [0.717, 1.165) is 17.8 Å². The molecule has 10 heteroatoms. The number of halogens is 1. The van der Waals surface area contributed by atoms with Gasteiger partial charge in [-0.15, -0.1) is 0 Å². The van der Waals surface area contributed by atoms with E-state index in [9.17, 15) is 12.8 Å². The highest BCUT2D eigenvalue weighted by Crippen LogP contribution is 2.54. The molecule has 3 aromatic rings. The summed E-state index contributed by atoms with van der Waals surface area (Å²) in [5, 5.41) is 6.33. The van der Waals surface area contributed by atoms with Gasteiger partial charge in [0.1, 0.15) is 16.4 Å². The largest absolute Gasteiger partial charge is 0.384 e. The number of benzene rings is 2. The third-order valence-corrected chi connectivity index (χ3v) is 8.03. The number of hydrogen-bond acceptors (Lipinski definition) is 6. The topological polar surface area (TPSA) is 110 Å². The first-order valence-corrected chi connectivity index (χ1v) is 11.4. The minimum Gasteiger partial charge on any atom is -0.384 e. The Labute approximate surface area is 184 Å². The van der Waals surface area contributed by atoms with Crippen molar-refractivity contribution in [3.05, 3.63) is 66.1 Å². The molecule has 1 heterocycles. The number of nitrogen functional groups attached to an aromatic ring is 1. The van der Waals surface area contributed by atoms with Crippen molar-refractivity contribution in [2.45, 2.75) is 22.5 Å². The summed E-state index contributed by atoms with van der Waals surface area (Å²) >= 11 is 5.09. The Kier molecular flexibility index (Phi) is 5.36. The molecule has 0 radical (unpaired) electrons. The van der Waals surface area contributed by atoms with Crippen LogP contribution in [0.1, 0.15) is 18.5 Å². The lowest BCUT2D eigenvalue weighted by Gasteiger charge is -2.17. The van der Waals surface area contributed by atoms with Crippen molar-refractivity contribution < 1.29 is 12.8 Å². The molecule has 1 saturated carbocycles. The Hall–Kier alpha value is -3.11. The first kappa shape index (κ1) is 21.1. The van der Waals surface area contributed by atoms with Crippen LogP contribution in [0.2, 0.25) is 0 Å². The average molecular weight is 458 g/mol. The number of nitrogens with zero attached hydrogens (tertiary/aromatic N) is 2. The average Bonchev–Trinajstić information content (AvgIpc) is 3.57. The summed E-state index contributed by atoms with van der Waals surface area (Å²) in [5.74, 6) is 0.0169. The molecule has 4 rings (SSSR count). The van der Waals surface area contributed by atoms with Crippen molar-refractivity contribution in [1.82, 2.24) is 15.3 Å². The van der Waals surface area contributed by atoms with Gasteiger partial charge in [0.25, 0.3) is 0 Å². The van der Waals surface area contributed by atoms with E-state index in [0.29, 0.717) is 35.0 Å². The molecule has 0 spiro atoms. The molecule has 1 fully saturated rings. The van der Waals surface area contributed by atoms with Crippen molar-refractivity contribution in [2.24, 2.45) is 0 Å². The number of anilines is 2. The van der Waals surface area contributed by atoms with E-state index >= 15 is 0 Å². The van der Waals surface area contributed by atoms with Gasteiger partial charge in [0, 0.05) is 24.4 Å². The summed E-state index contributed by atoms with van der Waals surface area (Å²) in [5.41, 5.74) is 7.82. The van der Waals surface area contributed by atoms with Gasteiger partial charge in [0.15, 0.2) is 20.8 Å². The van der Waals surface area contributed by atoms with Gasteiger partial charge in [-0.2, -0.15) is 0 Å². The highest BCUT2D eigenvalue weighted by Gasteiger charge is 2.57. The molecule has 1 aliphatic carbocycles. The van der Waals surface area contributed by atoms with Gasteiger partial charge in [-0.05, 0) is 73.6 Å². The molecule has 0 amide bonds. The van der Waals surface area contributed by atoms with Gasteiger partial charge in [0.05, 0.1) is 10.6 Å². The van der Waals surface area contributed by atoms with E-state index in [1.54, 1.807) is 19.2 Å². The van der Waals surface area contributed by atoms with Crippen molar-refractivity contribution in [1.29, 1.82) is 0 Å². The van der Waals surface area contributed by atoms with Crippen LogP contribution >= 0.6 is 12.2 Å². The number of rotatable bonds is 5. The van der Waals surface area contributed by atoms with E-state index < -0.39 is 20.4 Å². The van der Waals surface area contributed by atoms with Gasteiger partial charge in [0.2, 0.25) is 0 Å². The van der Waals surface area contributed by atoms with Crippen molar-refractivity contribution in [3.63, 3.8) is 0 Å². The van der Waals surface area contributed by atoms with E-state index in [1.165, 1.54) is 18.2 Å². The summed E-state index contributed by atoms with van der Waals surface area (Å²) in [6.07, 6.45) is 0.819. The van der Waals surface area contributed by atoms with Crippen LogP contribution in [0.25, 0.3) is 11.4 Å². The lowest BCUT2D eigenvalue weighted by Crippen LogP contribution is -2.24. The molecular weight excluding hydrogens is 437 g/mol. The summed E-state index contributed by atoms with van der Waals surface area (Å²) in [6.45, 7) is 0. The van der Waals surface area contributed by atoms with Crippen LogP contribution in [0.3, 0.4) is 0 Å². The van der Waals surface area contributed by atoms with Gasteiger partial charge >= 0.3 is 0 Å². The lowest BCUT2D eigenvalue weighted by atomic mass is 10.1. The Morgan fingerprint density at radius 1 is 1.10 bits per heavy atom. The monoisotopic (exact) mass is 457 g/mol. The zero-order valence-electron chi connectivity index (χ0n) is 16.6. The van der Waals surface area contributed by atoms with Crippen LogP contribution < -0.4 is 16.4 Å². The maximum atomic E-state index is 13.3. The van der Waals surface area contributed by atoms with E-state index in [2.05, 4.69) is 20.6 Å². The molecule has 0 aliphatic heterocycles. The Bertz CT molecular complexity index is 1240. The fourth-order valence-electron chi connectivity index (χ4n) is 3.34. The number of aromatic nitrogens is 2. The minimum absolute atomic E-state index is 0.0565. The minimum atomic E-state index is -3.78. The van der Waals surface area contributed by atoms with Crippen molar-refractivity contribution >= 4 is 38.7 Å². The van der Waals surface area contributed by atoms with Crippen LogP contribution in [0, 0.1) is 5.82 Å². The maximum absolute atomic E-state index is 13.3.